The van der Waals surface area contributed by atoms with Gasteiger partial charge in [-0.25, -0.2) is 21.9 Å². The molecule has 116 valence electrons. The largest absolute Gasteiger partial charge is 0.320 e. The third-order valence-corrected chi connectivity index (χ3v) is 4.15. The van der Waals surface area contributed by atoms with E-state index in [0.29, 0.717) is 18.4 Å². The molecule has 0 aliphatic carbocycles. The number of nitrogens with one attached hydrogen (secondary N) is 1. The number of sulfonamides is 1. The molecule has 0 atom stereocenters. The van der Waals surface area contributed by atoms with Gasteiger partial charge in [0.2, 0.25) is 10.0 Å². The lowest BCUT2D eigenvalue weighted by Crippen LogP contribution is -2.27. The lowest BCUT2D eigenvalue weighted by Gasteiger charge is -2.11. The Bertz CT molecular complexity index is 662. The quantitative estimate of drug-likeness (QED) is 0.811. The van der Waals surface area contributed by atoms with E-state index >= 15 is 0 Å². The zero-order chi connectivity index (χ0) is 16.0. The van der Waals surface area contributed by atoms with Crippen LogP contribution in [0.1, 0.15) is 25.8 Å². The van der Waals surface area contributed by atoms with E-state index in [4.69, 9.17) is 5.73 Å². The highest BCUT2D eigenvalue weighted by Crippen LogP contribution is 2.21. The van der Waals surface area contributed by atoms with Crippen molar-refractivity contribution in [1.82, 2.24) is 4.72 Å². The maximum Gasteiger partial charge on any atom is 0.244 e. The van der Waals surface area contributed by atoms with E-state index in [9.17, 15) is 17.2 Å². The molecule has 0 bridgehead atoms. The van der Waals surface area contributed by atoms with Gasteiger partial charge < -0.3 is 5.73 Å². The zero-order valence-electron chi connectivity index (χ0n) is 11.9. The van der Waals surface area contributed by atoms with Crippen molar-refractivity contribution in [1.29, 1.82) is 0 Å². The van der Waals surface area contributed by atoms with E-state index < -0.39 is 26.6 Å². The normalized spacial score (nSPS) is 11.3. The SMILES string of the molecule is CC(C)CCNS(=O)(=O)c1c(F)cc(F)cc1C#CCN. The summed E-state index contributed by atoms with van der Waals surface area (Å²) >= 11 is 0. The molecule has 0 unspecified atom stereocenters. The molecule has 0 fully saturated rings. The van der Waals surface area contributed by atoms with Crippen LogP contribution in [0.4, 0.5) is 8.78 Å². The molecule has 1 aromatic carbocycles. The highest BCUT2D eigenvalue weighted by atomic mass is 32.2. The van der Waals surface area contributed by atoms with Crippen LogP contribution in [0.5, 0.6) is 0 Å². The minimum atomic E-state index is -4.10. The van der Waals surface area contributed by atoms with Crippen LogP contribution in [0.3, 0.4) is 0 Å². The summed E-state index contributed by atoms with van der Waals surface area (Å²) in [5.74, 6) is 3.01. The molecule has 0 radical (unpaired) electrons. The fourth-order valence-corrected chi connectivity index (χ4v) is 2.87. The minimum Gasteiger partial charge on any atom is -0.320 e. The standard InChI is InChI=1S/C14H18F2N2O2S/c1-10(2)5-7-18-21(19,20)14-11(4-3-6-17)8-12(15)9-13(14)16/h8-10,18H,5-7,17H2,1-2H3. The maximum absolute atomic E-state index is 13.9. The first-order valence-electron chi connectivity index (χ1n) is 6.45. The van der Waals surface area contributed by atoms with Crippen LogP contribution >= 0.6 is 0 Å². The summed E-state index contributed by atoms with van der Waals surface area (Å²) in [6.07, 6.45) is 0.603. The molecule has 21 heavy (non-hydrogen) atoms. The molecule has 1 rings (SSSR count). The topological polar surface area (TPSA) is 72.2 Å². The van der Waals surface area contributed by atoms with Crippen molar-refractivity contribution in [2.75, 3.05) is 13.1 Å². The van der Waals surface area contributed by atoms with Gasteiger partial charge >= 0.3 is 0 Å². The number of hydrogen-bond donors (Lipinski definition) is 2. The lowest BCUT2D eigenvalue weighted by molar-refractivity contribution is 0.532. The summed E-state index contributed by atoms with van der Waals surface area (Å²) in [5.41, 5.74) is 4.96. The Hall–Kier alpha value is -1.49. The Balaban J connectivity index is 3.21. The summed E-state index contributed by atoms with van der Waals surface area (Å²) in [4.78, 5) is -0.645. The molecule has 3 N–H and O–H groups in total. The molecule has 0 heterocycles. The summed E-state index contributed by atoms with van der Waals surface area (Å²) in [6, 6.07) is 1.40. The predicted molar refractivity (Wildman–Crippen MR) is 76.9 cm³/mol. The highest BCUT2D eigenvalue weighted by molar-refractivity contribution is 7.89. The second-order valence-corrected chi connectivity index (χ2v) is 6.55. The molecular formula is C14H18F2N2O2S. The monoisotopic (exact) mass is 316 g/mol. The molecule has 0 aliphatic heterocycles. The van der Waals surface area contributed by atoms with E-state index in [0.717, 1.165) is 6.07 Å². The summed E-state index contributed by atoms with van der Waals surface area (Å²) in [5, 5.41) is 0. The molecule has 4 nitrogen and oxygen atoms in total. The van der Waals surface area contributed by atoms with Gasteiger partial charge in [-0.3, -0.25) is 0 Å². The van der Waals surface area contributed by atoms with Gasteiger partial charge in [0.25, 0.3) is 0 Å². The number of rotatable bonds is 5. The minimum absolute atomic E-state index is 0.0433. The Morgan fingerprint density at radius 1 is 1.33 bits per heavy atom. The second-order valence-electron chi connectivity index (χ2n) is 4.85. The smallest absolute Gasteiger partial charge is 0.244 e. The molecular weight excluding hydrogens is 298 g/mol. The van der Waals surface area contributed by atoms with E-state index in [2.05, 4.69) is 16.6 Å². The van der Waals surface area contributed by atoms with Crippen molar-refractivity contribution < 1.29 is 17.2 Å². The fraction of sp³-hybridized carbons (Fsp3) is 0.429. The van der Waals surface area contributed by atoms with Crippen molar-refractivity contribution in [3.63, 3.8) is 0 Å². The van der Waals surface area contributed by atoms with Gasteiger partial charge in [0.05, 0.1) is 12.1 Å². The van der Waals surface area contributed by atoms with Crippen molar-refractivity contribution in [3.05, 3.63) is 29.3 Å². The van der Waals surface area contributed by atoms with Crippen molar-refractivity contribution in [3.8, 4) is 11.8 Å². The van der Waals surface area contributed by atoms with E-state index in [1.54, 1.807) is 0 Å². The van der Waals surface area contributed by atoms with E-state index in [-0.39, 0.29) is 18.7 Å². The molecule has 1 aromatic rings. The Morgan fingerprint density at radius 2 is 2.00 bits per heavy atom. The second kappa shape index (κ2) is 7.50. The number of benzene rings is 1. The molecule has 7 heteroatoms. The van der Waals surface area contributed by atoms with Gasteiger partial charge in [0.15, 0.2) is 0 Å². The van der Waals surface area contributed by atoms with Crippen LogP contribution in [-0.4, -0.2) is 21.5 Å². The summed E-state index contributed by atoms with van der Waals surface area (Å²) < 4.78 is 53.7. The van der Waals surface area contributed by atoms with Gasteiger partial charge in [0.1, 0.15) is 16.5 Å². The molecule has 0 saturated heterocycles. The molecule has 0 aromatic heterocycles. The van der Waals surface area contributed by atoms with Gasteiger partial charge in [-0.15, -0.1) is 0 Å². The van der Waals surface area contributed by atoms with Crippen molar-refractivity contribution >= 4 is 10.0 Å². The predicted octanol–water partition coefficient (Wildman–Crippen LogP) is 1.60. The van der Waals surface area contributed by atoms with E-state index in [1.165, 1.54) is 0 Å². The van der Waals surface area contributed by atoms with Crippen molar-refractivity contribution in [2.45, 2.75) is 25.2 Å². The number of nitrogens with two attached hydrogens (primary N) is 1. The van der Waals surface area contributed by atoms with Crippen LogP contribution in [0, 0.1) is 29.4 Å². The number of hydrogen-bond acceptors (Lipinski definition) is 3. The third-order valence-electron chi connectivity index (χ3n) is 2.62. The molecule has 0 aliphatic rings. The number of halogens is 2. The van der Waals surface area contributed by atoms with Gasteiger partial charge in [0, 0.05) is 12.6 Å². The first kappa shape index (κ1) is 17.6. The maximum atomic E-state index is 13.9. The third kappa shape index (κ3) is 5.08. The van der Waals surface area contributed by atoms with Crippen LogP contribution < -0.4 is 10.5 Å². The van der Waals surface area contributed by atoms with Crippen molar-refractivity contribution in [2.24, 2.45) is 11.7 Å². The molecule has 0 amide bonds. The van der Waals surface area contributed by atoms with E-state index in [1.807, 2.05) is 13.8 Å². The van der Waals surface area contributed by atoms with Crippen LogP contribution in [0.2, 0.25) is 0 Å². The van der Waals surface area contributed by atoms with Gasteiger partial charge in [-0.05, 0) is 18.4 Å². The van der Waals surface area contributed by atoms with Gasteiger partial charge in [-0.1, -0.05) is 25.7 Å². The summed E-state index contributed by atoms with van der Waals surface area (Å²) in [6.45, 7) is 3.99. The Labute approximate surface area is 123 Å². The summed E-state index contributed by atoms with van der Waals surface area (Å²) in [7, 11) is -4.10. The highest BCUT2D eigenvalue weighted by Gasteiger charge is 2.23. The molecule has 0 spiro atoms. The Kier molecular flexibility index (Phi) is 6.27. The van der Waals surface area contributed by atoms with Crippen LogP contribution in [0.25, 0.3) is 0 Å². The zero-order valence-corrected chi connectivity index (χ0v) is 12.7. The first-order chi connectivity index (χ1) is 9.77. The van der Waals surface area contributed by atoms with Crippen LogP contribution in [0.15, 0.2) is 17.0 Å². The average molecular weight is 316 g/mol. The lowest BCUT2D eigenvalue weighted by atomic mass is 10.1. The molecule has 0 saturated carbocycles. The average Bonchev–Trinajstić information content (AvgIpc) is 2.34. The first-order valence-corrected chi connectivity index (χ1v) is 7.94. The fourth-order valence-electron chi connectivity index (χ4n) is 1.63. The van der Waals surface area contributed by atoms with Crippen LogP contribution in [-0.2, 0) is 10.0 Å². The van der Waals surface area contributed by atoms with Gasteiger partial charge in [-0.2, -0.15) is 0 Å². The Morgan fingerprint density at radius 3 is 2.57 bits per heavy atom.